The number of benzene rings is 1. The highest BCUT2D eigenvalue weighted by Gasteiger charge is 2.17. The van der Waals surface area contributed by atoms with E-state index in [4.69, 9.17) is 9.47 Å². The molecule has 0 saturated heterocycles. The van der Waals surface area contributed by atoms with Gasteiger partial charge in [-0.2, -0.15) is 0 Å². The Kier molecular flexibility index (Phi) is 1.88. The Hall–Kier alpha value is -1.22. The van der Waals surface area contributed by atoms with E-state index in [0.717, 1.165) is 22.6 Å². The summed E-state index contributed by atoms with van der Waals surface area (Å²) in [5.74, 6) is 1.49. The Morgan fingerprint density at radius 3 is 2.54 bits per heavy atom. The third kappa shape index (κ3) is 1.35. The number of hydrogen-bond donors (Lipinski definition) is 1. The topological polar surface area (TPSA) is 38.7 Å². The molecule has 1 unspecified atom stereocenters. The van der Waals surface area contributed by atoms with Crippen molar-refractivity contribution >= 4 is 0 Å². The summed E-state index contributed by atoms with van der Waals surface area (Å²) in [4.78, 5) is 0. The van der Waals surface area contributed by atoms with Crippen LogP contribution in [-0.2, 0) is 0 Å². The summed E-state index contributed by atoms with van der Waals surface area (Å²) in [5.41, 5.74) is 1.92. The van der Waals surface area contributed by atoms with Crippen molar-refractivity contribution < 1.29 is 14.6 Å². The lowest BCUT2D eigenvalue weighted by molar-refractivity contribution is 0.173. The van der Waals surface area contributed by atoms with Crippen molar-refractivity contribution in [3.05, 3.63) is 23.3 Å². The first kappa shape index (κ1) is 8.38. The smallest absolute Gasteiger partial charge is 0.231 e. The lowest BCUT2D eigenvalue weighted by atomic mass is 10.0. The highest BCUT2D eigenvalue weighted by Crippen LogP contribution is 2.36. The summed E-state index contributed by atoms with van der Waals surface area (Å²) < 4.78 is 10.4. The van der Waals surface area contributed by atoms with Gasteiger partial charge in [0.2, 0.25) is 6.79 Å². The van der Waals surface area contributed by atoms with E-state index in [1.807, 2.05) is 19.1 Å². The van der Waals surface area contributed by atoms with Crippen LogP contribution < -0.4 is 9.47 Å². The van der Waals surface area contributed by atoms with Gasteiger partial charge in [0.25, 0.3) is 0 Å². The number of aliphatic hydroxyl groups is 1. The maximum absolute atomic E-state index is 9.44. The summed E-state index contributed by atoms with van der Waals surface area (Å²) in [6.45, 7) is 3.96. The first-order valence-corrected chi connectivity index (χ1v) is 4.26. The second-order valence-corrected chi connectivity index (χ2v) is 3.24. The number of hydrogen-bond acceptors (Lipinski definition) is 3. The zero-order chi connectivity index (χ0) is 9.42. The van der Waals surface area contributed by atoms with Crippen molar-refractivity contribution in [1.82, 2.24) is 0 Å². The van der Waals surface area contributed by atoms with Crippen LogP contribution in [0.2, 0.25) is 0 Å². The van der Waals surface area contributed by atoms with Crippen LogP contribution in [0.3, 0.4) is 0 Å². The summed E-state index contributed by atoms with van der Waals surface area (Å²) >= 11 is 0. The highest BCUT2D eigenvalue weighted by molar-refractivity contribution is 5.48. The summed E-state index contributed by atoms with van der Waals surface area (Å²) in [6, 6.07) is 3.73. The molecule has 1 aliphatic rings. The molecule has 0 amide bonds. The molecule has 0 radical (unpaired) electrons. The summed E-state index contributed by atoms with van der Waals surface area (Å²) in [6.07, 6.45) is -0.463. The Balaban J connectivity index is 2.49. The van der Waals surface area contributed by atoms with Gasteiger partial charge in [0.15, 0.2) is 11.5 Å². The zero-order valence-corrected chi connectivity index (χ0v) is 7.70. The molecule has 3 nitrogen and oxygen atoms in total. The molecule has 2 rings (SSSR count). The van der Waals surface area contributed by atoms with Crippen molar-refractivity contribution in [2.75, 3.05) is 6.79 Å². The molecule has 0 saturated carbocycles. The van der Waals surface area contributed by atoms with Crippen LogP contribution in [0.25, 0.3) is 0 Å². The van der Waals surface area contributed by atoms with Crippen LogP contribution in [0.4, 0.5) is 0 Å². The molecule has 1 aromatic rings. The monoisotopic (exact) mass is 180 g/mol. The van der Waals surface area contributed by atoms with Crippen LogP contribution in [-0.4, -0.2) is 11.9 Å². The molecule has 13 heavy (non-hydrogen) atoms. The largest absolute Gasteiger partial charge is 0.454 e. The van der Waals surface area contributed by atoms with E-state index in [9.17, 15) is 5.11 Å². The van der Waals surface area contributed by atoms with E-state index in [0.29, 0.717) is 0 Å². The molecule has 1 heterocycles. The number of rotatable bonds is 1. The lowest BCUT2D eigenvalue weighted by Gasteiger charge is -2.09. The standard InChI is InChI=1S/C10H12O3/c1-6-3-9-10(13-5-12-9)4-8(6)7(2)11/h3-4,7,11H,5H2,1-2H3. The van der Waals surface area contributed by atoms with Gasteiger partial charge in [-0.25, -0.2) is 0 Å². The van der Waals surface area contributed by atoms with Crippen molar-refractivity contribution in [3.8, 4) is 11.5 Å². The quantitative estimate of drug-likeness (QED) is 0.715. The SMILES string of the molecule is Cc1cc2c(cc1C(C)O)OCO2. The van der Waals surface area contributed by atoms with Gasteiger partial charge in [-0.05, 0) is 37.1 Å². The molecular formula is C10H12O3. The van der Waals surface area contributed by atoms with Gasteiger partial charge in [0, 0.05) is 0 Å². The Morgan fingerprint density at radius 1 is 1.31 bits per heavy atom. The van der Waals surface area contributed by atoms with Gasteiger partial charge in [0.05, 0.1) is 6.10 Å². The first-order chi connectivity index (χ1) is 6.18. The van der Waals surface area contributed by atoms with Crippen LogP contribution >= 0.6 is 0 Å². The molecule has 1 atom stereocenters. The third-order valence-corrected chi connectivity index (χ3v) is 2.21. The second kappa shape index (κ2) is 2.92. The lowest BCUT2D eigenvalue weighted by Crippen LogP contribution is -1.94. The normalized spacial score (nSPS) is 15.9. The molecule has 0 bridgehead atoms. The van der Waals surface area contributed by atoms with Gasteiger partial charge < -0.3 is 14.6 Å². The number of ether oxygens (including phenoxy) is 2. The molecule has 1 N–H and O–H groups in total. The fourth-order valence-corrected chi connectivity index (χ4v) is 1.51. The Labute approximate surface area is 76.9 Å². The zero-order valence-electron chi connectivity index (χ0n) is 7.70. The van der Waals surface area contributed by atoms with Crippen LogP contribution in [0.5, 0.6) is 11.5 Å². The van der Waals surface area contributed by atoms with Gasteiger partial charge in [-0.1, -0.05) is 0 Å². The molecule has 1 aromatic carbocycles. The molecule has 0 fully saturated rings. The van der Waals surface area contributed by atoms with E-state index in [-0.39, 0.29) is 6.79 Å². The minimum atomic E-state index is -0.463. The van der Waals surface area contributed by atoms with Crippen molar-refractivity contribution in [3.63, 3.8) is 0 Å². The summed E-state index contributed by atoms with van der Waals surface area (Å²) in [5, 5.41) is 9.44. The number of fused-ring (bicyclic) bond motifs is 1. The van der Waals surface area contributed by atoms with E-state index >= 15 is 0 Å². The predicted molar refractivity (Wildman–Crippen MR) is 47.9 cm³/mol. The molecule has 0 spiro atoms. The van der Waals surface area contributed by atoms with E-state index < -0.39 is 6.10 Å². The van der Waals surface area contributed by atoms with E-state index in [1.165, 1.54) is 0 Å². The average molecular weight is 180 g/mol. The average Bonchev–Trinajstić information content (AvgIpc) is 2.48. The van der Waals surface area contributed by atoms with Crippen molar-refractivity contribution in [1.29, 1.82) is 0 Å². The van der Waals surface area contributed by atoms with Crippen molar-refractivity contribution in [2.45, 2.75) is 20.0 Å². The minimum absolute atomic E-state index is 0.276. The first-order valence-electron chi connectivity index (χ1n) is 4.26. The third-order valence-electron chi connectivity index (χ3n) is 2.21. The molecule has 3 heteroatoms. The minimum Gasteiger partial charge on any atom is -0.454 e. The molecular weight excluding hydrogens is 168 g/mol. The van der Waals surface area contributed by atoms with Crippen LogP contribution in [0, 0.1) is 6.92 Å². The molecule has 0 aliphatic carbocycles. The van der Waals surface area contributed by atoms with Gasteiger partial charge in [-0.3, -0.25) is 0 Å². The number of aliphatic hydroxyl groups excluding tert-OH is 1. The van der Waals surface area contributed by atoms with E-state index in [2.05, 4.69) is 0 Å². The van der Waals surface area contributed by atoms with Crippen molar-refractivity contribution in [2.24, 2.45) is 0 Å². The highest BCUT2D eigenvalue weighted by atomic mass is 16.7. The molecule has 0 aromatic heterocycles. The summed E-state index contributed by atoms with van der Waals surface area (Å²) in [7, 11) is 0. The Bertz CT molecular complexity index is 331. The van der Waals surface area contributed by atoms with Gasteiger partial charge >= 0.3 is 0 Å². The van der Waals surface area contributed by atoms with Crippen LogP contribution in [0.1, 0.15) is 24.2 Å². The molecule has 70 valence electrons. The van der Waals surface area contributed by atoms with Gasteiger partial charge in [-0.15, -0.1) is 0 Å². The fraction of sp³-hybridized carbons (Fsp3) is 0.400. The maximum atomic E-state index is 9.44. The number of aryl methyl sites for hydroxylation is 1. The molecule has 1 aliphatic heterocycles. The van der Waals surface area contributed by atoms with Crippen LogP contribution in [0.15, 0.2) is 12.1 Å². The van der Waals surface area contributed by atoms with Gasteiger partial charge in [0.1, 0.15) is 0 Å². The van der Waals surface area contributed by atoms with E-state index in [1.54, 1.807) is 6.92 Å². The Morgan fingerprint density at radius 2 is 1.92 bits per heavy atom. The maximum Gasteiger partial charge on any atom is 0.231 e. The predicted octanol–water partition coefficient (Wildman–Crippen LogP) is 1.78. The second-order valence-electron chi connectivity index (χ2n) is 3.24. The fourth-order valence-electron chi connectivity index (χ4n) is 1.51.